The van der Waals surface area contributed by atoms with Gasteiger partial charge in [0.1, 0.15) is 5.75 Å². The predicted molar refractivity (Wildman–Crippen MR) is 70.5 cm³/mol. The molecule has 1 saturated heterocycles. The average Bonchev–Trinajstić information content (AvgIpc) is 2.65. The largest absolute Gasteiger partial charge is 0.496 e. The fourth-order valence-electron chi connectivity index (χ4n) is 2.01. The predicted octanol–water partition coefficient (Wildman–Crippen LogP) is 2.58. The van der Waals surface area contributed by atoms with Crippen LogP contribution in [0.1, 0.15) is 5.56 Å². The average molecular weight is 258 g/mol. The summed E-state index contributed by atoms with van der Waals surface area (Å²) >= 11 is 7.93. The van der Waals surface area contributed by atoms with Gasteiger partial charge in [-0.2, -0.15) is 11.8 Å². The Morgan fingerprint density at radius 1 is 1.50 bits per heavy atom. The number of hydrogen-bond donors (Lipinski definition) is 1. The van der Waals surface area contributed by atoms with Gasteiger partial charge in [0.25, 0.3) is 0 Å². The van der Waals surface area contributed by atoms with E-state index in [1.807, 2.05) is 30.0 Å². The third kappa shape index (κ3) is 2.65. The van der Waals surface area contributed by atoms with Gasteiger partial charge < -0.3 is 10.5 Å². The molecule has 0 radical (unpaired) electrons. The quantitative estimate of drug-likeness (QED) is 0.904. The fourth-order valence-corrected chi connectivity index (χ4v) is 3.56. The zero-order valence-electron chi connectivity index (χ0n) is 9.28. The van der Waals surface area contributed by atoms with Crippen molar-refractivity contribution >= 4 is 23.4 Å². The van der Waals surface area contributed by atoms with Crippen LogP contribution in [0.2, 0.25) is 5.02 Å². The molecule has 2 atom stereocenters. The van der Waals surface area contributed by atoms with Crippen molar-refractivity contribution in [1.29, 1.82) is 0 Å². The highest BCUT2D eigenvalue weighted by molar-refractivity contribution is 7.99. The molecule has 0 aromatic heterocycles. The van der Waals surface area contributed by atoms with E-state index in [0.717, 1.165) is 34.3 Å². The molecular formula is C12H16ClNOS. The van der Waals surface area contributed by atoms with E-state index in [9.17, 15) is 0 Å². The Labute approximate surface area is 105 Å². The third-order valence-corrected chi connectivity index (χ3v) is 4.49. The number of hydrogen-bond acceptors (Lipinski definition) is 3. The Kier molecular flexibility index (Phi) is 4.00. The lowest BCUT2D eigenvalue weighted by atomic mass is 9.95. The highest BCUT2D eigenvalue weighted by atomic mass is 35.5. The topological polar surface area (TPSA) is 35.2 Å². The monoisotopic (exact) mass is 257 g/mol. The summed E-state index contributed by atoms with van der Waals surface area (Å²) in [6.45, 7) is 0. The standard InChI is InChI=1S/C12H16ClNOS/c1-15-12-3-2-10(13)5-8(12)4-9-6-16-7-11(9)14/h2-3,5,9,11H,4,6-7,14H2,1H3. The second-order valence-electron chi connectivity index (χ2n) is 4.12. The molecule has 1 aliphatic rings. The van der Waals surface area contributed by atoms with E-state index in [1.165, 1.54) is 0 Å². The van der Waals surface area contributed by atoms with Crippen molar-refractivity contribution in [2.45, 2.75) is 12.5 Å². The van der Waals surface area contributed by atoms with Gasteiger partial charge in [-0.25, -0.2) is 0 Å². The van der Waals surface area contributed by atoms with Crippen molar-refractivity contribution in [3.05, 3.63) is 28.8 Å². The SMILES string of the molecule is COc1ccc(Cl)cc1CC1CSCC1N. The van der Waals surface area contributed by atoms with Gasteiger partial charge in [-0.15, -0.1) is 0 Å². The van der Waals surface area contributed by atoms with Gasteiger partial charge in [-0.1, -0.05) is 11.6 Å². The summed E-state index contributed by atoms with van der Waals surface area (Å²) in [6.07, 6.45) is 0.956. The first kappa shape index (κ1) is 12.1. The summed E-state index contributed by atoms with van der Waals surface area (Å²) < 4.78 is 5.34. The molecule has 1 fully saturated rings. The maximum absolute atomic E-state index is 6.06. The Morgan fingerprint density at radius 2 is 2.31 bits per heavy atom. The lowest BCUT2D eigenvalue weighted by Crippen LogP contribution is -2.29. The first-order valence-electron chi connectivity index (χ1n) is 5.36. The van der Waals surface area contributed by atoms with Gasteiger partial charge in [0, 0.05) is 16.8 Å². The molecule has 2 N–H and O–H groups in total. The number of methoxy groups -OCH3 is 1. The van der Waals surface area contributed by atoms with Crippen molar-refractivity contribution in [3.63, 3.8) is 0 Å². The second-order valence-corrected chi connectivity index (χ2v) is 5.63. The molecule has 16 heavy (non-hydrogen) atoms. The molecule has 1 heterocycles. The molecule has 1 aromatic carbocycles. The summed E-state index contributed by atoms with van der Waals surface area (Å²) in [6, 6.07) is 6.06. The number of thioether (sulfide) groups is 1. The molecule has 0 spiro atoms. The van der Waals surface area contributed by atoms with Gasteiger partial charge in [0.05, 0.1) is 7.11 Å². The van der Waals surface area contributed by atoms with E-state index in [0.29, 0.717) is 12.0 Å². The minimum Gasteiger partial charge on any atom is -0.496 e. The molecule has 0 aliphatic carbocycles. The van der Waals surface area contributed by atoms with Crippen LogP contribution in [0.4, 0.5) is 0 Å². The molecule has 2 nitrogen and oxygen atoms in total. The van der Waals surface area contributed by atoms with Crippen LogP contribution in [-0.4, -0.2) is 24.7 Å². The van der Waals surface area contributed by atoms with Gasteiger partial charge in [0.2, 0.25) is 0 Å². The van der Waals surface area contributed by atoms with Crippen LogP contribution in [-0.2, 0) is 6.42 Å². The van der Waals surface area contributed by atoms with Gasteiger partial charge in [-0.3, -0.25) is 0 Å². The van der Waals surface area contributed by atoms with Crippen LogP contribution in [0.15, 0.2) is 18.2 Å². The number of benzene rings is 1. The van der Waals surface area contributed by atoms with Gasteiger partial charge in [-0.05, 0) is 41.9 Å². The zero-order chi connectivity index (χ0) is 11.5. The van der Waals surface area contributed by atoms with E-state index in [-0.39, 0.29) is 0 Å². The van der Waals surface area contributed by atoms with Crippen LogP contribution in [0, 0.1) is 5.92 Å². The third-order valence-electron chi connectivity index (χ3n) is 2.97. The number of ether oxygens (including phenoxy) is 1. The summed E-state index contributed by atoms with van der Waals surface area (Å²) in [5.74, 6) is 3.65. The minimum absolute atomic E-state index is 0.300. The Balaban J connectivity index is 2.16. The summed E-state index contributed by atoms with van der Waals surface area (Å²) in [7, 11) is 1.69. The van der Waals surface area contributed by atoms with E-state index < -0.39 is 0 Å². The Morgan fingerprint density at radius 3 is 2.94 bits per heavy atom. The van der Waals surface area contributed by atoms with Gasteiger partial charge in [0.15, 0.2) is 0 Å². The lowest BCUT2D eigenvalue weighted by molar-refractivity contribution is 0.403. The van der Waals surface area contributed by atoms with Crippen molar-refractivity contribution in [1.82, 2.24) is 0 Å². The normalized spacial score (nSPS) is 24.7. The molecule has 2 unspecified atom stereocenters. The summed E-state index contributed by atoms with van der Waals surface area (Å²) in [4.78, 5) is 0. The molecular weight excluding hydrogens is 242 g/mol. The lowest BCUT2D eigenvalue weighted by Gasteiger charge is -2.16. The van der Waals surface area contributed by atoms with Crippen molar-refractivity contribution in [2.24, 2.45) is 11.7 Å². The molecule has 0 amide bonds. The molecule has 0 saturated carbocycles. The van der Waals surface area contributed by atoms with Crippen LogP contribution in [0.5, 0.6) is 5.75 Å². The van der Waals surface area contributed by atoms with Gasteiger partial charge >= 0.3 is 0 Å². The fraction of sp³-hybridized carbons (Fsp3) is 0.500. The highest BCUT2D eigenvalue weighted by Gasteiger charge is 2.25. The summed E-state index contributed by atoms with van der Waals surface area (Å²) in [5.41, 5.74) is 7.23. The van der Waals surface area contributed by atoms with Crippen LogP contribution >= 0.6 is 23.4 Å². The van der Waals surface area contributed by atoms with Crippen molar-refractivity contribution in [3.8, 4) is 5.75 Å². The Hall–Kier alpha value is -0.380. The summed E-state index contributed by atoms with van der Waals surface area (Å²) in [5, 5.41) is 0.759. The molecule has 1 aromatic rings. The van der Waals surface area contributed by atoms with Crippen molar-refractivity contribution < 1.29 is 4.74 Å². The number of nitrogens with two attached hydrogens (primary N) is 1. The molecule has 4 heteroatoms. The maximum Gasteiger partial charge on any atom is 0.122 e. The highest BCUT2D eigenvalue weighted by Crippen LogP contribution is 2.30. The Bertz CT molecular complexity index is 372. The van der Waals surface area contributed by atoms with Crippen LogP contribution in [0.25, 0.3) is 0 Å². The van der Waals surface area contributed by atoms with Crippen molar-refractivity contribution in [2.75, 3.05) is 18.6 Å². The van der Waals surface area contributed by atoms with E-state index in [1.54, 1.807) is 7.11 Å². The van der Waals surface area contributed by atoms with E-state index >= 15 is 0 Å². The number of halogens is 1. The first-order valence-corrected chi connectivity index (χ1v) is 6.89. The first-order chi connectivity index (χ1) is 7.70. The van der Waals surface area contributed by atoms with Crippen LogP contribution in [0.3, 0.4) is 0 Å². The molecule has 88 valence electrons. The van der Waals surface area contributed by atoms with E-state index in [2.05, 4.69) is 0 Å². The smallest absolute Gasteiger partial charge is 0.122 e. The maximum atomic E-state index is 6.06. The zero-order valence-corrected chi connectivity index (χ0v) is 10.9. The molecule has 2 rings (SSSR count). The minimum atomic E-state index is 0.300. The van der Waals surface area contributed by atoms with Crippen LogP contribution < -0.4 is 10.5 Å². The molecule has 0 bridgehead atoms. The number of rotatable bonds is 3. The van der Waals surface area contributed by atoms with E-state index in [4.69, 9.17) is 22.1 Å². The second kappa shape index (κ2) is 5.30. The molecule has 1 aliphatic heterocycles.